The van der Waals surface area contributed by atoms with Gasteiger partial charge < -0.3 is 10.6 Å². The summed E-state index contributed by atoms with van der Waals surface area (Å²) in [5.41, 5.74) is 1.84. The number of amides is 2. The SMILES string of the molecule is O=C(CCNC(=O)c1ccccc1)NCC(c1ccccc1)N1CCCC1. The molecule has 0 aliphatic carbocycles. The van der Waals surface area contributed by atoms with Gasteiger partial charge in [0.1, 0.15) is 0 Å². The van der Waals surface area contributed by atoms with Gasteiger partial charge in [-0.25, -0.2) is 0 Å². The zero-order valence-electron chi connectivity index (χ0n) is 15.6. The summed E-state index contributed by atoms with van der Waals surface area (Å²) in [5.74, 6) is -0.189. The monoisotopic (exact) mass is 365 g/mol. The highest BCUT2D eigenvalue weighted by Gasteiger charge is 2.23. The van der Waals surface area contributed by atoms with E-state index in [9.17, 15) is 9.59 Å². The first kappa shape index (κ1) is 19.1. The van der Waals surface area contributed by atoms with Crippen LogP contribution < -0.4 is 10.6 Å². The van der Waals surface area contributed by atoms with Gasteiger partial charge in [-0.2, -0.15) is 0 Å². The van der Waals surface area contributed by atoms with E-state index in [0.29, 0.717) is 18.7 Å². The molecule has 1 atom stereocenters. The molecule has 1 aliphatic heterocycles. The zero-order chi connectivity index (χ0) is 18.9. The van der Waals surface area contributed by atoms with E-state index in [1.54, 1.807) is 12.1 Å². The molecule has 2 aromatic rings. The van der Waals surface area contributed by atoms with Crippen molar-refractivity contribution in [2.45, 2.75) is 25.3 Å². The van der Waals surface area contributed by atoms with Crippen molar-refractivity contribution in [3.8, 4) is 0 Å². The molecule has 1 aliphatic rings. The van der Waals surface area contributed by atoms with E-state index in [-0.39, 0.29) is 24.3 Å². The van der Waals surface area contributed by atoms with Gasteiger partial charge in [0.05, 0.1) is 6.04 Å². The van der Waals surface area contributed by atoms with Crippen LogP contribution in [0.3, 0.4) is 0 Å². The molecule has 2 amide bonds. The Morgan fingerprint density at radius 1 is 0.889 bits per heavy atom. The number of benzene rings is 2. The zero-order valence-corrected chi connectivity index (χ0v) is 15.6. The van der Waals surface area contributed by atoms with E-state index in [1.165, 1.54) is 18.4 Å². The summed E-state index contributed by atoms with van der Waals surface area (Å²) in [6.07, 6.45) is 2.70. The summed E-state index contributed by atoms with van der Waals surface area (Å²) in [4.78, 5) is 26.7. The third-order valence-electron chi connectivity index (χ3n) is 4.93. The Morgan fingerprint density at radius 2 is 1.52 bits per heavy atom. The van der Waals surface area contributed by atoms with E-state index in [4.69, 9.17) is 0 Å². The topological polar surface area (TPSA) is 61.4 Å². The first-order chi connectivity index (χ1) is 13.2. The molecule has 5 nitrogen and oxygen atoms in total. The minimum atomic E-state index is -0.150. The smallest absolute Gasteiger partial charge is 0.251 e. The average Bonchev–Trinajstić information content (AvgIpc) is 3.24. The molecule has 1 fully saturated rings. The van der Waals surface area contributed by atoms with Gasteiger partial charge in [0.15, 0.2) is 0 Å². The highest BCUT2D eigenvalue weighted by molar-refractivity contribution is 5.94. The van der Waals surface area contributed by atoms with Gasteiger partial charge in [-0.05, 0) is 43.6 Å². The summed E-state index contributed by atoms with van der Waals surface area (Å²) in [6, 6.07) is 19.6. The van der Waals surface area contributed by atoms with Gasteiger partial charge in [0.25, 0.3) is 5.91 Å². The minimum absolute atomic E-state index is 0.0384. The maximum Gasteiger partial charge on any atom is 0.251 e. The van der Waals surface area contributed by atoms with Gasteiger partial charge in [0, 0.05) is 25.1 Å². The van der Waals surface area contributed by atoms with Crippen molar-refractivity contribution in [1.82, 2.24) is 15.5 Å². The summed E-state index contributed by atoms with van der Waals surface area (Å²) in [7, 11) is 0. The van der Waals surface area contributed by atoms with Crippen molar-refractivity contribution in [2.75, 3.05) is 26.2 Å². The second-order valence-corrected chi connectivity index (χ2v) is 6.85. The second kappa shape index (κ2) is 9.88. The van der Waals surface area contributed by atoms with Crippen molar-refractivity contribution in [3.05, 3.63) is 71.8 Å². The molecule has 0 bridgehead atoms. The minimum Gasteiger partial charge on any atom is -0.354 e. The van der Waals surface area contributed by atoms with Gasteiger partial charge in [-0.1, -0.05) is 48.5 Å². The third-order valence-corrected chi connectivity index (χ3v) is 4.93. The normalized spacial score (nSPS) is 15.3. The fourth-order valence-corrected chi connectivity index (χ4v) is 3.47. The quantitative estimate of drug-likeness (QED) is 0.756. The van der Waals surface area contributed by atoms with Crippen molar-refractivity contribution in [1.29, 1.82) is 0 Å². The lowest BCUT2D eigenvalue weighted by Crippen LogP contribution is -2.38. The van der Waals surface area contributed by atoms with Crippen LogP contribution in [-0.4, -0.2) is 42.9 Å². The number of carbonyl (C=O) groups is 2. The molecular formula is C22H27N3O2. The Labute approximate surface area is 160 Å². The lowest BCUT2D eigenvalue weighted by Gasteiger charge is -2.28. The molecule has 5 heteroatoms. The molecule has 2 aromatic carbocycles. The summed E-state index contributed by atoms with van der Waals surface area (Å²) in [6.45, 7) is 3.07. The largest absolute Gasteiger partial charge is 0.354 e. The lowest BCUT2D eigenvalue weighted by atomic mass is 10.1. The van der Waals surface area contributed by atoms with Crippen LogP contribution in [0, 0.1) is 0 Å². The number of nitrogens with zero attached hydrogens (tertiary/aromatic N) is 1. The van der Waals surface area contributed by atoms with E-state index in [0.717, 1.165) is 13.1 Å². The molecule has 0 saturated carbocycles. The van der Waals surface area contributed by atoms with Crippen LogP contribution in [0.25, 0.3) is 0 Å². The molecular weight excluding hydrogens is 338 g/mol. The molecule has 27 heavy (non-hydrogen) atoms. The van der Waals surface area contributed by atoms with Crippen LogP contribution in [0.15, 0.2) is 60.7 Å². The first-order valence-electron chi connectivity index (χ1n) is 9.63. The van der Waals surface area contributed by atoms with Crippen LogP contribution in [0.5, 0.6) is 0 Å². The number of nitrogens with one attached hydrogen (secondary N) is 2. The maximum atomic E-state index is 12.2. The van der Waals surface area contributed by atoms with E-state index in [1.807, 2.05) is 36.4 Å². The fraction of sp³-hybridized carbons (Fsp3) is 0.364. The average molecular weight is 365 g/mol. The standard InChI is InChI=1S/C22H27N3O2/c26-21(13-14-23-22(27)19-11-5-2-6-12-19)24-17-20(25-15-7-8-16-25)18-9-3-1-4-10-18/h1-6,9-12,20H,7-8,13-17H2,(H,23,27)(H,24,26). The number of rotatable bonds is 8. The molecule has 3 rings (SSSR count). The van der Waals surface area contributed by atoms with E-state index in [2.05, 4.69) is 27.7 Å². The van der Waals surface area contributed by atoms with Crippen LogP contribution in [0.1, 0.15) is 41.2 Å². The molecule has 2 N–H and O–H groups in total. The predicted octanol–water partition coefficient (Wildman–Crippen LogP) is 2.76. The Bertz CT molecular complexity index is 728. The third kappa shape index (κ3) is 5.66. The van der Waals surface area contributed by atoms with Crippen molar-refractivity contribution < 1.29 is 9.59 Å². The molecule has 0 aromatic heterocycles. The molecule has 142 valence electrons. The van der Waals surface area contributed by atoms with Crippen molar-refractivity contribution >= 4 is 11.8 Å². The molecule has 1 heterocycles. The summed E-state index contributed by atoms with van der Waals surface area (Å²) >= 11 is 0. The molecule has 0 radical (unpaired) electrons. The summed E-state index contributed by atoms with van der Waals surface area (Å²) < 4.78 is 0. The fourth-order valence-electron chi connectivity index (χ4n) is 3.47. The van der Waals surface area contributed by atoms with Crippen molar-refractivity contribution in [3.63, 3.8) is 0 Å². The highest BCUT2D eigenvalue weighted by atomic mass is 16.2. The predicted molar refractivity (Wildman–Crippen MR) is 106 cm³/mol. The van der Waals surface area contributed by atoms with Crippen LogP contribution >= 0.6 is 0 Å². The first-order valence-corrected chi connectivity index (χ1v) is 9.63. The number of carbonyl (C=O) groups excluding carboxylic acids is 2. The summed E-state index contributed by atoms with van der Waals surface area (Å²) in [5, 5.41) is 5.83. The molecule has 1 saturated heterocycles. The number of hydrogen-bond acceptors (Lipinski definition) is 3. The molecule has 1 unspecified atom stereocenters. The Kier molecular flexibility index (Phi) is 6.99. The number of likely N-dealkylation sites (tertiary alicyclic amines) is 1. The lowest BCUT2D eigenvalue weighted by molar-refractivity contribution is -0.121. The van der Waals surface area contributed by atoms with E-state index >= 15 is 0 Å². The van der Waals surface area contributed by atoms with Crippen LogP contribution in [-0.2, 0) is 4.79 Å². The Hall–Kier alpha value is -2.66. The van der Waals surface area contributed by atoms with E-state index < -0.39 is 0 Å². The number of hydrogen-bond donors (Lipinski definition) is 2. The maximum absolute atomic E-state index is 12.2. The van der Waals surface area contributed by atoms with Gasteiger partial charge >= 0.3 is 0 Å². The van der Waals surface area contributed by atoms with Crippen LogP contribution in [0.2, 0.25) is 0 Å². The van der Waals surface area contributed by atoms with Gasteiger partial charge in [-0.3, -0.25) is 14.5 Å². The second-order valence-electron chi connectivity index (χ2n) is 6.85. The Balaban J connectivity index is 1.46. The molecule has 0 spiro atoms. The van der Waals surface area contributed by atoms with Crippen molar-refractivity contribution in [2.24, 2.45) is 0 Å². The van der Waals surface area contributed by atoms with Gasteiger partial charge in [0.2, 0.25) is 5.91 Å². The Morgan fingerprint density at radius 3 is 2.19 bits per heavy atom. The highest BCUT2D eigenvalue weighted by Crippen LogP contribution is 2.24. The van der Waals surface area contributed by atoms with Gasteiger partial charge in [-0.15, -0.1) is 0 Å². The van der Waals surface area contributed by atoms with Crippen LogP contribution in [0.4, 0.5) is 0 Å².